The number of hydrogen-bond donors (Lipinski definition) is 2. The lowest BCUT2D eigenvalue weighted by Gasteiger charge is -2.38. The summed E-state index contributed by atoms with van der Waals surface area (Å²) in [4.78, 5) is 39.4. The summed E-state index contributed by atoms with van der Waals surface area (Å²) in [5.74, 6) is -0.209. The SMILES string of the molecule is O=C(NC1CC=CCN(C2CCCN(C(=O)O)C2)C1=O)OCc1ccccc1. The Morgan fingerprint density at radius 1 is 1.21 bits per heavy atom. The lowest BCUT2D eigenvalue weighted by molar-refractivity contribution is -0.135. The molecular weight excluding hydrogens is 362 g/mol. The van der Waals surface area contributed by atoms with Crippen molar-refractivity contribution in [1.82, 2.24) is 15.1 Å². The minimum atomic E-state index is -0.971. The zero-order valence-electron chi connectivity index (χ0n) is 15.6. The van der Waals surface area contributed by atoms with Crippen LogP contribution in [0.1, 0.15) is 24.8 Å². The fraction of sp³-hybridized carbons (Fsp3) is 0.450. The average molecular weight is 387 g/mol. The summed E-state index contributed by atoms with van der Waals surface area (Å²) < 4.78 is 5.22. The Kier molecular flexibility index (Phi) is 6.52. The molecule has 2 aliphatic rings. The van der Waals surface area contributed by atoms with Crippen molar-refractivity contribution in [2.45, 2.75) is 38.0 Å². The molecule has 150 valence electrons. The highest BCUT2D eigenvalue weighted by Crippen LogP contribution is 2.19. The minimum Gasteiger partial charge on any atom is -0.465 e. The van der Waals surface area contributed by atoms with Gasteiger partial charge in [-0.25, -0.2) is 9.59 Å². The van der Waals surface area contributed by atoms with E-state index in [0.29, 0.717) is 32.5 Å². The average Bonchev–Trinajstić information content (AvgIpc) is 2.89. The first-order valence-corrected chi connectivity index (χ1v) is 9.45. The molecule has 1 aromatic rings. The van der Waals surface area contributed by atoms with Gasteiger partial charge in [0.05, 0.1) is 0 Å². The first-order chi connectivity index (χ1) is 13.5. The first-order valence-electron chi connectivity index (χ1n) is 9.45. The van der Waals surface area contributed by atoms with E-state index in [1.807, 2.05) is 42.5 Å². The second kappa shape index (κ2) is 9.25. The molecule has 2 atom stereocenters. The zero-order valence-corrected chi connectivity index (χ0v) is 15.6. The maximum Gasteiger partial charge on any atom is 0.408 e. The van der Waals surface area contributed by atoms with Crippen molar-refractivity contribution in [3.63, 3.8) is 0 Å². The highest BCUT2D eigenvalue weighted by molar-refractivity contribution is 5.86. The maximum atomic E-state index is 13.0. The van der Waals surface area contributed by atoms with Crippen LogP contribution < -0.4 is 5.32 Å². The number of nitrogens with one attached hydrogen (secondary N) is 1. The van der Waals surface area contributed by atoms with Crippen LogP contribution in [0.3, 0.4) is 0 Å². The number of benzene rings is 1. The number of carbonyl (C=O) groups is 3. The summed E-state index contributed by atoms with van der Waals surface area (Å²) in [6, 6.07) is 8.40. The summed E-state index contributed by atoms with van der Waals surface area (Å²) in [5, 5.41) is 11.9. The Balaban J connectivity index is 1.58. The first kappa shape index (κ1) is 19.7. The second-order valence-electron chi connectivity index (χ2n) is 6.98. The predicted molar refractivity (Wildman–Crippen MR) is 102 cm³/mol. The van der Waals surface area contributed by atoms with Gasteiger partial charge in [0.25, 0.3) is 0 Å². The number of hydrogen-bond acceptors (Lipinski definition) is 4. The van der Waals surface area contributed by atoms with Gasteiger partial charge in [0, 0.05) is 25.7 Å². The molecule has 1 fully saturated rings. The van der Waals surface area contributed by atoms with E-state index in [0.717, 1.165) is 12.0 Å². The van der Waals surface area contributed by atoms with Crippen LogP contribution in [0, 0.1) is 0 Å². The number of nitrogens with zero attached hydrogens (tertiary/aromatic N) is 2. The Hall–Kier alpha value is -3.03. The van der Waals surface area contributed by atoms with E-state index in [-0.39, 0.29) is 18.6 Å². The Morgan fingerprint density at radius 3 is 2.75 bits per heavy atom. The van der Waals surface area contributed by atoms with E-state index in [1.54, 1.807) is 4.90 Å². The highest BCUT2D eigenvalue weighted by atomic mass is 16.5. The molecule has 8 heteroatoms. The van der Waals surface area contributed by atoms with Gasteiger partial charge in [0.2, 0.25) is 5.91 Å². The molecule has 8 nitrogen and oxygen atoms in total. The third-order valence-electron chi connectivity index (χ3n) is 5.03. The standard InChI is InChI=1S/C20H25N3O5/c24-18-17(21-19(25)28-14-15-7-2-1-3-8-15)10-4-5-12-23(18)16-9-6-11-22(13-16)20(26)27/h1-5,7-8,16-17H,6,9-14H2,(H,21,25)(H,26,27). The topological polar surface area (TPSA) is 99.2 Å². The fourth-order valence-corrected chi connectivity index (χ4v) is 3.55. The van der Waals surface area contributed by atoms with Gasteiger partial charge in [-0.3, -0.25) is 4.79 Å². The lowest BCUT2D eigenvalue weighted by Crippen LogP contribution is -2.55. The van der Waals surface area contributed by atoms with Crippen LogP contribution >= 0.6 is 0 Å². The van der Waals surface area contributed by atoms with Crippen molar-refractivity contribution in [2.75, 3.05) is 19.6 Å². The quantitative estimate of drug-likeness (QED) is 0.772. The van der Waals surface area contributed by atoms with Crippen molar-refractivity contribution in [3.8, 4) is 0 Å². The molecule has 0 aromatic heterocycles. The summed E-state index contributed by atoms with van der Waals surface area (Å²) in [6.45, 7) is 1.31. The number of piperidine rings is 1. The van der Waals surface area contributed by atoms with E-state index >= 15 is 0 Å². The molecule has 3 amide bonds. The van der Waals surface area contributed by atoms with Gasteiger partial charge in [-0.1, -0.05) is 42.5 Å². The number of carbonyl (C=O) groups excluding carboxylic acids is 2. The van der Waals surface area contributed by atoms with Crippen LogP contribution in [0.25, 0.3) is 0 Å². The van der Waals surface area contributed by atoms with Crippen LogP contribution in [0.2, 0.25) is 0 Å². The molecule has 28 heavy (non-hydrogen) atoms. The van der Waals surface area contributed by atoms with Crippen LogP contribution in [-0.4, -0.2) is 64.7 Å². The molecule has 2 N–H and O–H groups in total. The Labute approximate surface area is 163 Å². The molecule has 1 aromatic carbocycles. The smallest absolute Gasteiger partial charge is 0.408 e. The van der Waals surface area contributed by atoms with Crippen molar-refractivity contribution >= 4 is 18.1 Å². The Bertz CT molecular complexity index is 737. The van der Waals surface area contributed by atoms with Gasteiger partial charge >= 0.3 is 12.2 Å². The molecule has 3 rings (SSSR count). The molecule has 0 bridgehead atoms. The number of rotatable bonds is 4. The third-order valence-corrected chi connectivity index (χ3v) is 5.03. The van der Waals surface area contributed by atoms with Crippen molar-refractivity contribution in [3.05, 3.63) is 48.0 Å². The summed E-state index contributed by atoms with van der Waals surface area (Å²) in [5.41, 5.74) is 0.863. The van der Waals surface area contributed by atoms with Crippen molar-refractivity contribution in [2.24, 2.45) is 0 Å². The molecule has 0 aliphatic carbocycles. The number of alkyl carbamates (subject to hydrolysis) is 1. The van der Waals surface area contributed by atoms with Gasteiger partial charge in [0.15, 0.2) is 0 Å². The second-order valence-corrected chi connectivity index (χ2v) is 6.98. The van der Waals surface area contributed by atoms with E-state index < -0.39 is 18.2 Å². The lowest BCUT2D eigenvalue weighted by atomic mass is 10.0. The largest absolute Gasteiger partial charge is 0.465 e. The zero-order chi connectivity index (χ0) is 19.9. The molecule has 1 saturated heterocycles. The molecule has 0 radical (unpaired) electrons. The number of amides is 3. The van der Waals surface area contributed by atoms with E-state index in [1.165, 1.54) is 4.90 Å². The summed E-state index contributed by atoms with van der Waals surface area (Å²) >= 11 is 0. The molecular formula is C20H25N3O5. The number of likely N-dealkylation sites (tertiary alicyclic amines) is 1. The van der Waals surface area contributed by atoms with Crippen LogP contribution in [0.4, 0.5) is 9.59 Å². The molecule has 2 heterocycles. The van der Waals surface area contributed by atoms with Gasteiger partial charge in [-0.05, 0) is 24.8 Å². The van der Waals surface area contributed by atoms with E-state index in [9.17, 15) is 19.5 Å². The fourth-order valence-electron chi connectivity index (χ4n) is 3.55. The summed E-state index contributed by atoms with van der Waals surface area (Å²) in [7, 11) is 0. The molecule has 0 saturated carbocycles. The van der Waals surface area contributed by atoms with E-state index in [4.69, 9.17) is 4.74 Å². The number of ether oxygens (including phenoxy) is 1. The normalized spacial score (nSPS) is 22.5. The van der Waals surface area contributed by atoms with Crippen LogP contribution in [0.5, 0.6) is 0 Å². The highest BCUT2D eigenvalue weighted by Gasteiger charge is 2.34. The number of carboxylic acid groups (broad SMARTS) is 1. The van der Waals surface area contributed by atoms with Crippen LogP contribution in [0.15, 0.2) is 42.5 Å². The maximum absolute atomic E-state index is 13.0. The van der Waals surface area contributed by atoms with Gasteiger partial charge in [0.1, 0.15) is 12.6 Å². The Morgan fingerprint density at radius 2 is 2.00 bits per heavy atom. The summed E-state index contributed by atoms with van der Waals surface area (Å²) in [6.07, 6.45) is 3.96. The van der Waals surface area contributed by atoms with Gasteiger partial charge < -0.3 is 25.0 Å². The molecule has 2 aliphatic heterocycles. The van der Waals surface area contributed by atoms with Crippen molar-refractivity contribution < 1.29 is 24.2 Å². The third kappa shape index (κ3) is 5.03. The van der Waals surface area contributed by atoms with E-state index in [2.05, 4.69) is 5.32 Å². The van der Waals surface area contributed by atoms with Crippen LogP contribution in [-0.2, 0) is 16.1 Å². The van der Waals surface area contributed by atoms with Crippen molar-refractivity contribution in [1.29, 1.82) is 0 Å². The molecule has 2 unspecified atom stereocenters. The molecule has 0 spiro atoms. The minimum absolute atomic E-state index is 0.128. The van der Waals surface area contributed by atoms with Gasteiger partial charge in [-0.15, -0.1) is 0 Å². The monoisotopic (exact) mass is 387 g/mol. The predicted octanol–water partition coefficient (Wildman–Crippen LogP) is 2.21. The van der Waals surface area contributed by atoms with Gasteiger partial charge in [-0.2, -0.15) is 0 Å².